The fourth-order valence-electron chi connectivity index (χ4n) is 2.28. The molecule has 100 valence electrons. The summed E-state index contributed by atoms with van der Waals surface area (Å²) in [6.07, 6.45) is 6.63. The summed E-state index contributed by atoms with van der Waals surface area (Å²) in [5.74, 6) is 1.63. The Morgan fingerprint density at radius 3 is 2.94 bits per heavy atom. The average Bonchev–Trinajstić information content (AvgIpc) is 2.36. The van der Waals surface area contributed by atoms with E-state index in [-0.39, 0.29) is 6.10 Å². The van der Waals surface area contributed by atoms with Crippen molar-refractivity contribution in [2.45, 2.75) is 45.6 Å². The molecular weight excluding hydrogens is 250 g/mol. The molecule has 1 saturated carbocycles. The Balaban J connectivity index is 2.09. The lowest BCUT2D eigenvalue weighted by Crippen LogP contribution is -2.28. The van der Waals surface area contributed by atoms with Gasteiger partial charge in [-0.15, -0.1) is 0 Å². The van der Waals surface area contributed by atoms with E-state index >= 15 is 0 Å². The van der Waals surface area contributed by atoms with Gasteiger partial charge in [-0.05, 0) is 32.1 Å². The van der Waals surface area contributed by atoms with Gasteiger partial charge in [0.1, 0.15) is 11.1 Å². The second-order valence-corrected chi connectivity index (χ2v) is 5.20. The zero-order chi connectivity index (χ0) is 13.0. The third-order valence-corrected chi connectivity index (χ3v) is 3.60. The lowest BCUT2D eigenvalue weighted by atomic mass is 9.88. The molecule has 1 aliphatic rings. The van der Waals surface area contributed by atoms with Gasteiger partial charge in [0.25, 0.3) is 0 Å². The van der Waals surface area contributed by atoms with Gasteiger partial charge >= 0.3 is 0 Å². The highest BCUT2D eigenvalue weighted by molar-refractivity contribution is 6.31. The first-order valence-electron chi connectivity index (χ1n) is 6.63. The van der Waals surface area contributed by atoms with Gasteiger partial charge < -0.3 is 10.1 Å². The zero-order valence-corrected chi connectivity index (χ0v) is 11.7. The van der Waals surface area contributed by atoms with Crippen LogP contribution in [-0.4, -0.2) is 22.6 Å². The van der Waals surface area contributed by atoms with E-state index in [0.29, 0.717) is 22.8 Å². The minimum atomic E-state index is 0.223. The van der Waals surface area contributed by atoms with Crippen LogP contribution < -0.4 is 10.1 Å². The maximum Gasteiger partial charge on any atom is 0.237 e. The van der Waals surface area contributed by atoms with Crippen molar-refractivity contribution in [3.05, 3.63) is 11.2 Å². The molecule has 1 aliphatic carbocycles. The van der Waals surface area contributed by atoms with Gasteiger partial charge in [-0.25, -0.2) is 4.98 Å². The molecule has 1 aromatic heterocycles. The topological polar surface area (TPSA) is 47.0 Å². The van der Waals surface area contributed by atoms with Gasteiger partial charge in [0, 0.05) is 6.54 Å². The molecule has 1 fully saturated rings. The van der Waals surface area contributed by atoms with Crippen molar-refractivity contribution in [3.63, 3.8) is 0 Å². The first kappa shape index (κ1) is 13.4. The monoisotopic (exact) mass is 269 g/mol. The standard InChI is InChI=1S/C13H20ClN3O/c1-3-15-13-16-8-10(14)12(17-13)18-11-7-5-4-6-9(11)2/h8-9,11H,3-7H2,1-2H3,(H,15,16,17). The Bertz CT molecular complexity index is 400. The van der Waals surface area contributed by atoms with Crippen molar-refractivity contribution in [1.82, 2.24) is 9.97 Å². The predicted octanol–water partition coefficient (Wildman–Crippen LogP) is 3.52. The van der Waals surface area contributed by atoms with Gasteiger partial charge in [0.2, 0.25) is 11.8 Å². The summed E-state index contributed by atoms with van der Waals surface area (Å²) in [7, 11) is 0. The minimum absolute atomic E-state index is 0.223. The molecule has 2 atom stereocenters. The van der Waals surface area contributed by atoms with Crippen LogP contribution in [0.25, 0.3) is 0 Å². The molecule has 0 saturated heterocycles. The predicted molar refractivity (Wildman–Crippen MR) is 73.3 cm³/mol. The number of nitrogens with zero attached hydrogens (tertiary/aromatic N) is 2. The Hall–Kier alpha value is -1.03. The smallest absolute Gasteiger partial charge is 0.237 e. The van der Waals surface area contributed by atoms with E-state index in [1.165, 1.54) is 19.3 Å². The molecule has 2 unspecified atom stereocenters. The molecule has 5 heteroatoms. The van der Waals surface area contributed by atoms with E-state index in [0.717, 1.165) is 13.0 Å². The van der Waals surface area contributed by atoms with Crippen molar-refractivity contribution in [2.24, 2.45) is 5.92 Å². The normalized spacial score (nSPS) is 23.7. The summed E-state index contributed by atoms with van der Waals surface area (Å²) in [6.45, 7) is 5.01. The summed E-state index contributed by atoms with van der Waals surface area (Å²) >= 11 is 6.09. The SMILES string of the molecule is CCNc1ncc(Cl)c(OC2CCCCC2C)n1. The molecule has 0 aromatic carbocycles. The molecule has 0 spiro atoms. The third-order valence-electron chi connectivity index (χ3n) is 3.34. The van der Waals surface area contributed by atoms with Gasteiger partial charge in [-0.3, -0.25) is 0 Å². The number of ether oxygens (including phenoxy) is 1. The number of halogens is 1. The summed E-state index contributed by atoms with van der Waals surface area (Å²) < 4.78 is 5.96. The van der Waals surface area contributed by atoms with Crippen LogP contribution in [0, 0.1) is 5.92 Å². The van der Waals surface area contributed by atoms with E-state index < -0.39 is 0 Å². The van der Waals surface area contributed by atoms with E-state index in [9.17, 15) is 0 Å². The highest BCUT2D eigenvalue weighted by Crippen LogP contribution is 2.30. The summed E-state index contributed by atoms with van der Waals surface area (Å²) in [5, 5.41) is 3.54. The van der Waals surface area contributed by atoms with Crippen LogP contribution >= 0.6 is 11.6 Å². The Morgan fingerprint density at radius 2 is 2.22 bits per heavy atom. The number of hydrogen-bond donors (Lipinski definition) is 1. The van der Waals surface area contributed by atoms with Gasteiger partial charge in [-0.2, -0.15) is 4.98 Å². The highest BCUT2D eigenvalue weighted by atomic mass is 35.5. The van der Waals surface area contributed by atoms with Crippen LogP contribution in [0.3, 0.4) is 0 Å². The molecule has 2 rings (SSSR count). The van der Waals surface area contributed by atoms with Crippen LogP contribution in [0.5, 0.6) is 5.88 Å². The second-order valence-electron chi connectivity index (χ2n) is 4.80. The number of anilines is 1. The second kappa shape index (κ2) is 6.23. The van der Waals surface area contributed by atoms with Crippen molar-refractivity contribution in [1.29, 1.82) is 0 Å². The van der Waals surface area contributed by atoms with Crippen LogP contribution in [0.1, 0.15) is 39.5 Å². The van der Waals surface area contributed by atoms with Crippen molar-refractivity contribution in [2.75, 3.05) is 11.9 Å². The first-order valence-corrected chi connectivity index (χ1v) is 7.01. The molecule has 1 aromatic rings. The van der Waals surface area contributed by atoms with Crippen LogP contribution in [-0.2, 0) is 0 Å². The fourth-order valence-corrected chi connectivity index (χ4v) is 2.41. The maximum absolute atomic E-state index is 6.09. The fraction of sp³-hybridized carbons (Fsp3) is 0.692. The number of nitrogens with one attached hydrogen (secondary N) is 1. The summed E-state index contributed by atoms with van der Waals surface area (Å²) in [6, 6.07) is 0. The quantitative estimate of drug-likeness (QED) is 0.909. The van der Waals surface area contributed by atoms with E-state index in [4.69, 9.17) is 16.3 Å². The van der Waals surface area contributed by atoms with Gasteiger partial charge in [0.05, 0.1) is 6.20 Å². The van der Waals surface area contributed by atoms with E-state index in [2.05, 4.69) is 22.2 Å². The van der Waals surface area contributed by atoms with E-state index in [1.54, 1.807) is 6.20 Å². The molecule has 1 N–H and O–H groups in total. The highest BCUT2D eigenvalue weighted by Gasteiger charge is 2.24. The third kappa shape index (κ3) is 3.25. The molecule has 0 amide bonds. The Morgan fingerprint density at radius 1 is 1.44 bits per heavy atom. The van der Waals surface area contributed by atoms with Gasteiger partial charge in [-0.1, -0.05) is 24.9 Å². The molecular formula is C13H20ClN3O. The Labute approximate surface area is 113 Å². The summed E-state index contributed by atoms with van der Waals surface area (Å²) in [5.41, 5.74) is 0. The largest absolute Gasteiger partial charge is 0.473 e. The lowest BCUT2D eigenvalue weighted by molar-refractivity contribution is 0.0977. The van der Waals surface area contributed by atoms with Gasteiger partial charge in [0.15, 0.2) is 0 Å². The average molecular weight is 270 g/mol. The minimum Gasteiger partial charge on any atom is -0.473 e. The molecule has 1 heterocycles. The van der Waals surface area contributed by atoms with Crippen LogP contribution in [0.2, 0.25) is 5.02 Å². The zero-order valence-electron chi connectivity index (χ0n) is 10.9. The lowest BCUT2D eigenvalue weighted by Gasteiger charge is -2.29. The molecule has 0 bridgehead atoms. The van der Waals surface area contributed by atoms with Crippen LogP contribution in [0.4, 0.5) is 5.95 Å². The number of rotatable bonds is 4. The number of aromatic nitrogens is 2. The number of hydrogen-bond acceptors (Lipinski definition) is 4. The Kier molecular flexibility index (Phi) is 4.64. The van der Waals surface area contributed by atoms with Crippen LogP contribution in [0.15, 0.2) is 6.20 Å². The summed E-state index contributed by atoms with van der Waals surface area (Å²) in [4.78, 5) is 8.42. The first-order chi connectivity index (χ1) is 8.70. The molecule has 18 heavy (non-hydrogen) atoms. The molecule has 0 radical (unpaired) electrons. The maximum atomic E-state index is 6.09. The molecule has 0 aliphatic heterocycles. The van der Waals surface area contributed by atoms with E-state index in [1.807, 2.05) is 6.92 Å². The van der Waals surface area contributed by atoms with Crippen molar-refractivity contribution < 1.29 is 4.74 Å². The van der Waals surface area contributed by atoms with Crippen molar-refractivity contribution >= 4 is 17.5 Å². The molecule has 4 nitrogen and oxygen atoms in total. The van der Waals surface area contributed by atoms with Crippen molar-refractivity contribution in [3.8, 4) is 5.88 Å².